The van der Waals surface area contributed by atoms with Gasteiger partial charge in [0.15, 0.2) is 23.0 Å². The van der Waals surface area contributed by atoms with Crippen molar-refractivity contribution < 1.29 is 43.5 Å². The minimum absolute atomic E-state index is 0.0504. The van der Waals surface area contributed by atoms with Gasteiger partial charge in [0.05, 0.1) is 32.8 Å². The molecule has 38 heavy (non-hydrogen) atoms. The first-order valence-electron chi connectivity index (χ1n) is 12.4. The normalized spacial score (nSPS) is 23.0. The van der Waals surface area contributed by atoms with Crippen molar-refractivity contribution in [3.05, 3.63) is 41.0 Å². The summed E-state index contributed by atoms with van der Waals surface area (Å²) in [5.41, 5.74) is 2.13. The maximum absolute atomic E-state index is 13.3. The number of hydrogen-bond donors (Lipinski definition) is 2. The molecule has 1 saturated heterocycles. The van der Waals surface area contributed by atoms with Crippen LogP contribution in [0, 0.1) is 11.8 Å². The Morgan fingerprint density at radius 2 is 1.63 bits per heavy atom. The highest BCUT2D eigenvalue weighted by Crippen LogP contribution is 2.57. The summed E-state index contributed by atoms with van der Waals surface area (Å²) in [4.78, 5) is 29.3. The van der Waals surface area contributed by atoms with E-state index in [-0.39, 0.29) is 37.2 Å². The zero-order valence-electron chi connectivity index (χ0n) is 21.8. The summed E-state index contributed by atoms with van der Waals surface area (Å²) < 4.78 is 27.7. The fourth-order valence-corrected chi connectivity index (χ4v) is 5.94. The number of carbonyl (C=O) groups is 2. The van der Waals surface area contributed by atoms with E-state index in [2.05, 4.69) is 0 Å². The molecule has 2 aromatic rings. The van der Waals surface area contributed by atoms with E-state index in [4.69, 9.17) is 23.7 Å². The van der Waals surface area contributed by atoms with Gasteiger partial charge in [-0.2, -0.15) is 0 Å². The molecule has 204 valence electrons. The standard InChI is InChI=1S/C27H32N2O9/c1-28(2)6-5-7-29(27(32)33)24-16-11-19-18(37-13-38-19)10-15(16)22(23-17(24)12-36-26(23)31)14-8-20(34-3)25(30)21(9-14)35-4/h8-11,17,22-24,30H,5-7,12-13H2,1-4H3,(H,32,33)/t17-,22+,23+,24+/m0/s1. The first kappa shape index (κ1) is 25.8. The van der Waals surface area contributed by atoms with Crippen molar-refractivity contribution in [1.29, 1.82) is 0 Å². The van der Waals surface area contributed by atoms with Gasteiger partial charge in [0.25, 0.3) is 0 Å². The molecule has 11 heteroatoms. The number of phenolic OH excluding ortho intramolecular Hbond substituents is 1. The number of benzene rings is 2. The monoisotopic (exact) mass is 528 g/mol. The van der Waals surface area contributed by atoms with Gasteiger partial charge in [-0.3, -0.25) is 4.79 Å². The van der Waals surface area contributed by atoms with E-state index in [1.165, 1.54) is 19.1 Å². The Hall–Kier alpha value is -3.86. The van der Waals surface area contributed by atoms with Gasteiger partial charge in [-0.1, -0.05) is 0 Å². The van der Waals surface area contributed by atoms with Crippen LogP contribution in [0.1, 0.15) is 35.1 Å². The maximum atomic E-state index is 13.3. The maximum Gasteiger partial charge on any atom is 0.407 e. The van der Waals surface area contributed by atoms with Gasteiger partial charge in [0, 0.05) is 18.4 Å². The Balaban J connectivity index is 1.70. The molecule has 1 amide bonds. The van der Waals surface area contributed by atoms with E-state index in [9.17, 15) is 19.8 Å². The summed E-state index contributed by atoms with van der Waals surface area (Å²) in [6.45, 7) is 1.13. The second-order valence-corrected chi connectivity index (χ2v) is 9.98. The third kappa shape index (κ3) is 4.30. The summed E-state index contributed by atoms with van der Waals surface area (Å²) in [6, 6.07) is 6.36. The van der Waals surface area contributed by atoms with E-state index >= 15 is 0 Å². The van der Waals surface area contributed by atoms with Gasteiger partial charge in [0.1, 0.15) is 0 Å². The Bertz CT molecular complexity index is 1220. The Kier molecular flexibility index (Phi) is 6.87. The average Bonchev–Trinajstić information content (AvgIpc) is 3.50. The molecule has 3 aliphatic rings. The molecule has 0 spiro atoms. The number of cyclic esters (lactones) is 1. The number of carboxylic acid groups (broad SMARTS) is 1. The van der Waals surface area contributed by atoms with Gasteiger partial charge >= 0.3 is 12.1 Å². The molecule has 11 nitrogen and oxygen atoms in total. The number of rotatable bonds is 8. The fraction of sp³-hybridized carbons (Fsp3) is 0.481. The molecule has 0 saturated carbocycles. The number of carbonyl (C=O) groups excluding carboxylic acids is 1. The van der Waals surface area contributed by atoms with Crippen molar-refractivity contribution in [2.24, 2.45) is 11.8 Å². The summed E-state index contributed by atoms with van der Waals surface area (Å²) in [7, 11) is 6.75. The molecule has 0 radical (unpaired) electrons. The van der Waals surface area contributed by atoms with Crippen molar-refractivity contribution in [2.45, 2.75) is 18.4 Å². The molecule has 1 fully saturated rings. The van der Waals surface area contributed by atoms with Crippen LogP contribution >= 0.6 is 0 Å². The topological polar surface area (TPSA) is 127 Å². The zero-order chi connectivity index (χ0) is 27.1. The van der Waals surface area contributed by atoms with Crippen LogP contribution in [0.5, 0.6) is 28.7 Å². The van der Waals surface area contributed by atoms with Gasteiger partial charge in [-0.25, -0.2) is 4.79 Å². The fourth-order valence-electron chi connectivity index (χ4n) is 5.94. The summed E-state index contributed by atoms with van der Waals surface area (Å²) in [6.07, 6.45) is -0.445. The SMILES string of the molecule is COc1cc([C@@H]2c3cc4c(cc3[C@@H](N(CCCN(C)C)C(=O)O)[C@H]3COC(=O)[C@@H]23)OCO4)cc(OC)c1O. The molecule has 0 bridgehead atoms. The second kappa shape index (κ2) is 10.1. The molecular weight excluding hydrogens is 496 g/mol. The van der Waals surface area contributed by atoms with E-state index in [0.29, 0.717) is 30.0 Å². The first-order valence-corrected chi connectivity index (χ1v) is 12.4. The van der Waals surface area contributed by atoms with Gasteiger partial charge in [-0.15, -0.1) is 0 Å². The molecule has 4 atom stereocenters. The summed E-state index contributed by atoms with van der Waals surface area (Å²) >= 11 is 0. The number of aromatic hydroxyl groups is 1. The van der Waals surface area contributed by atoms with E-state index in [1.54, 1.807) is 12.1 Å². The molecule has 0 aromatic heterocycles. The Morgan fingerprint density at radius 1 is 1.00 bits per heavy atom. The number of ether oxygens (including phenoxy) is 5. The van der Waals surface area contributed by atoms with Gasteiger partial charge in [0.2, 0.25) is 12.5 Å². The third-order valence-corrected chi connectivity index (χ3v) is 7.60. The predicted molar refractivity (Wildman–Crippen MR) is 134 cm³/mol. The molecule has 2 heterocycles. The van der Waals surface area contributed by atoms with Crippen LogP contribution in [0.4, 0.5) is 4.79 Å². The smallest absolute Gasteiger partial charge is 0.407 e. The van der Waals surface area contributed by atoms with Crippen LogP contribution in [-0.2, 0) is 9.53 Å². The predicted octanol–water partition coefficient (Wildman–Crippen LogP) is 3.05. The van der Waals surface area contributed by atoms with Crippen molar-refractivity contribution in [3.63, 3.8) is 0 Å². The van der Waals surface area contributed by atoms with Crippen LogP contribution in [0.3, 0.4) is 0 Å². The lowest BCUT2D eigenvalue weighted by Crippen LogP contribution is -2.45. The number of phenols is 1. The van der Waals surface area contributed by atoms with Crippen molar-refractivity contribution in [3.8, 4) is 28.7 Å². The Morgan fingerprint density at radius 3 is 2.21 bits per heavy atom. The van der Waals surface area contributed by atoms with Crippen LogP contribution in [0.25, 0.3) is 0 Å². The van der Waals surface area contributed by atoms with Crippen molar-refractivity contribution in [1.82, 2.24) is 9.80 Å². The minimum atomic E-state index is -1.07. The molecule has 2 aliphatic heterocycles. The largest absolute Gasteiger partial charge is 0.502 e. The van der Waals surface area contributed by atoms with Crippen LogP contribution < -0.4 is 18.9 Å². The van der Waals surface area contributed by atoms with E-state index < -0.39 is 35.9 Å². The lowest BCUT2D eigenvalue weighted by atomic mass is 9.65. The average molecular weight is 529 g/mol. The molecule has 5 rings (SSSR count). The van der Waals surface area contributed by atoms with Gasteiger partial charge in [-0.05, 0) is 68.0 Å². The number of methoxy groups -OCH3 is 2. The summed E-state index contributed by atoms with van der Waals surface area (Å²) in [5.74, 6) is -0.772. The minimum Gasteiger partial charge on any atom is -0.502 e. The van der Waals surface area contributed by atoms with Crippen molar-refractivity contribution in [2.75, 3.05) is 54.8 Å². The van der Waals surface area contributed by atoms with Crippen molar-refractivity contribution >= 4 is 12.1 Å². The lowest BCUT2D eigenvalue weighted by Gasteiger charge is -2.43. The van der Waals surface area contributed by atoms with Crippen LogP contribution in [0.15, 0.2) is 24.3 Å². The van der Waals surface area contributed by atoms with E-state index in [1.807, 2.05) is 31.1 Å². The van der Waals surface area contributed by atoms with Crippen LogP contribution in [0.2, 0.25) is 0 Å². The Labute approximate surface area is 220 Å². The summed E-state index contributed by atoms with van der Waals surface area (Å²) in [5, 5.41) is 20.8. The molecule has 0 unspecified atom stereocenters. The number of fused-ring (bicyclic) bond motifs is 3. The lowest BCUT2D eigenvalue weighted by molar-refractivity contribution is -0.141. The number of amides is 1. The quantitative estimate of drug-likeness (QED) is 0.494. The second-order valence-electron chi connectivity index (χ2n) is 9.98. The van der Waals surface area contributed by atoms with Gasteiger partial charge < -0.3 is 43.7 Å². The number of hydrogen-bond acceptors (Lipinski definition) is 9. The molecule has 2 N–H and O–H groups in total. The highest BCUT2D eigenvalue weighted by atomic mass is 16.7. The molecular formula is C27H32N2O9. The molecule has 2 aromatic carbocycles. The zero-order valence-corrected chi connectivity index (χ0v) is 21.8. The highest BCUT2D eigenvalue weighted by Gasteiger charge is 2.54. The van der Waals surface area contributed by atoms with Crippen LogP contribution in [-0.4, -0.2) is 86.9 Å². The third-order valence-electron chi connectivity index (χ3n) is 7.60. The first-order chi connectivity index (χ1) is 18.2. The molecule has 1 aliphatic carbocycles. The highest BCUT2D eigenvalue weighted by molar-refractivity contribution is 5.79. The van der Waals surface area contributed by atoms with E-state index in [0.717, 1.165) is 11.1 Å². The number of esters is 1. The number of nitrogens with zero attached hydrogens (tertiary/aromatic N) is 2.